The number of nitrogens with zero attached hydrogens (tertiary/aromatic N) is 11. The van der Waals surface area contributed by atoms with Gasteiger partial charge in [0.25, 0.3) is 12.3 Å². The van der Waals surface area contributed by atoms with Crippen molar-refractivity contribution in [3.8, 4) is 0 Å². The maximum atomic E-state index is 14.3. The number of alkyl halides is 2. The molecular formula is C44H53F2N13O5. The lowest BCUT2D eigenvalue weighted by Gasteiger charge is -2.45. The molecule has 5 saturated heterocycles. The number of anilines is 3. The van der Waals surface area contributed by atoms with Crippen LogP contribution in [-0.4, -0.2) is 139 Å². The van der Waals surface area contributed by atoms with Crippen molar-refractivity contribution in [2.24, 2.45) is 18.9 Å². The molecule has 1 aromatic carbocycles. The van der Waals surface area contributed by atoms with Gasteiger partial charge >= 0.3 is 5.69 Å². The first-order chi connectivity index (χ1) is 31.0. The number of aryl methyl sites for hydroxylation is 1. The number of ether oxygens (including phenoxy) is 1. The molecule has 9 heterocycles. The molecule has 1 aliphatic carbocycles. The molecule has 0 spiro atoms. The summed E-state index contributed by atoms with van der Waals surface area (Å²) in [6, 6.07) is 7.23. The number of morpholine rings is 1. The number of hydrogen-bond acceptors (Lipinski definition) is 12. The Morgan fingerprint density at radius 1 is 0.953 bits per heavy atom. The van der Waals surface area contributed by atoms with E-state index in [0.717, 1.165) is 108 Å². The van der Waals surface area contributed by atoms with Crippen LogP contribution in [0.2, 0.25) is 0 Å². The minimum absolute atomic E-state index is 0.00477. The first-order valence-electron chi connectivity index (χ1n) is 22.7. The molecule has 1 unspecified atom stereocenters. The van der Waals surface area contributed by atoms with E-state index in [1.807, 2.05) is 24.3 Å². The number of imidazole rings is 1. The molecule has 5 aliphatic heterocycles. The molecule has 1 saturated carbocycles. The Balaban J connectivity index is 0.652. The van der Waals surface area contributed by atoms with Gasteiger partial charge in [0.15, 0.2) is 11.3 Å². The van der Waals surface area contributed by atoms with Crippen LogP contribution in [0.5, 0.6) is 0 Å². The van der Waals surface area contributed by atoms with Crippen LogP contribution in [-0.2, 0) is 21.4 Å². The average molecular weight is 882 g/mol. The van der Waals surface area contributed by atoms with Gasteiger partial charge < -0.3 is 29.7 Å². The van der Waals surface area contributed by atoms with Gasteiger partial charge in [-0.25, -0.2) is 23.1 Å². The highest BCUT2D eigenvalue weighted by atomic mass is 19.3. The number of fused-ring (bicyclic) bond motifs is 4. The van der Waals surface area contributed by atoms with E-state index in [9.17, 15) is 28.0 Å². The lowest BCUT2D eigenvalue weighted by atomic mass is 9.85. The van der Waals surface area contributed by atoms with Crippen molar-refractivity contribution in [1.29, 1.82) is 0 Å². The van der Waals surface area contributed by atoms with Crippen LogP contribution >= 0.6 is 0 Å². The highest BCUT2D eigenvalue weighted by Gasteiger charge is 2.40. The molecule has 2 bridgehead atoms. The van der Waals surface area contributed by atoms with Gasteiger partial charge in [0.1, 0.15) is 17.4 Å². The number of amides is 3. The number of halogens is 2. The summed E-state index contributed by atoms with van der Waals surface area (Å²) in [5.41, 5.74) is 2.37. The van der Waals surface area contributed by atoms with E-state index in [0.29, 0.717) is 36.0 Å². The maximum absolute atomic E-state index is 14.3. The van der Waals surface area contributed by atoms with E-state index in [1.165, 1.54) is 10.7 Å². The fourth-order valence-electron chi connectivity index (χ4n) is 11.2. The summed E-state index contributed by atoms with van der Waals surface area (Å²) >= 11 is 0. The zero-order chi connectivity index (χ0) is 43.8. The average Bonchev–Trinajstić information content (AvgIpc) is 4.13. The lowest BCUT2D eigenvalue weighted by Crippen LogP contribution is -2.55. The van der Waals surface area contributed by atoms with Gasteiger partial charge in [-0.05, 0) is 62.6 Å². The minimum atomic E-state index is -2.85. The highest BCUT2D eigenvalue weighted by Crippen LogP contribution is 2.37. The number of imide groups is 1. The van der Waals surface area contributed by atoms with Gasteiger partial charge in [0.2, 0.25) is 11.8 Å². The molecular weight excluding hydrogens is 829 g/mol. The molecule has 18 nitrogen and oxygen atoms in total. The third-order valence-electron chi connectivity index (χ3n) is 14.6. The number of para-hydroxylation sites is 1. The number of carbonyl (C=O) groups is 3. The Bertz CT molecular complexity index is 2670. The van der Waals surface area contributed by atoms with E-state index in [1.54, 1.807) is 33.3 Å². The maximum Gasteiger partial charge on any atom is 0.329 e. The second-order valence-electron chi connectivity index (χ2n) is 18.6. The second kappa shape index (κ2) is 16.4. The summed E-state index contributed by atoms with van der Waals surface area (Å²) < 4.78 is 40.7. The zero-order valence-electron chi connectivity index (χ0n) is 35.8. The third-order valence-corrected chi connectivity index (χ3v) is 14.6. The first kappa shape index (κ1) is 41.0. The van der Waals surface area contributed by atoms with Crippen molar-refractivity contribution >= 4 is 51.6 Å². The van der Waals surface area contributed by atoms with Gasteiger partial charge in [-0.15, -0.1) is 0 Å². The molecule has 338 valence electrons. The number of piperazine rings is 1. The molecule has 6 aliphatic rings. The summed E-state index contributed by atoms with van der Waals surface area (Å²) in [6.45, 7) is 9.21. The fraction of sp³-hybridized carbons (Fsp3) is 0.568. The van der Waals surface area contributed by atoms with Gasteiger partial charge in [-0.2, -0.15) is 10.2 Å². The van der Waals surface area contributed by atoms with Gasteiger partial charge in [0, 0.05) is 90.7 Å². The van der Waals surface area contributed by atoms with Crippen LogP contribution < -0.4 is 26.1 Å². The van der Waals surface area contributed by atoms with Crippen molar-refractivity contribution in [1.82, 2.24) is 48.6 Å². The molecule has 3 atom stereocenters. The van der Waals surface area contributed by atoms with Crippen LogP contribution in [0.25, 0.3) is 16.7 Å². The van der Waals surface area contributed by atoms with E-state index in [-0.39, 0.29) is 47.5 Å². The summed E-state index contributed by atoms with van der Waals surface area (Å²) in [7, 11) is 1.74. The smallest absolute Gasteiger partial charge is 0.329 e. The van der Waals surface area contributed by atoms with Crippen LogP contribution in [0, 0.1) is 11.8 Å². The monoisotopic (exact) mass is 881 g/mol. The predicted molar refractivity (Wildman–Crippen MR) is 232 cm³/mol. The minimum Gasteiger partial charge on any atom is -0.374 e. The second-order valence-corrected chi connectivity index (χ2v) is 18.6. The summed E-state index contributed by atoms with van der Waals surface area (Å²) in [4.78, 5) is 65.8. The van der Waals surface area contributed by atoms with E-state index >= 15 is 0 Å². The molecule has 4 aromatic heterocycles. The number of piperidine rings is 1. The SMILES string of the molecule is Cn1c(=O)n(C2CCC(=O)NC2=O)c2cccc(N3CC(CN4CCN(C[C@H]5CC[C@H](n6cc(NC(=O)c7cnn8ccc(N9C[C@H]%10C[C@@H]9CO%10)nc78)c(C(F)F)n6)CC5)CC4)C3)c21. The first-order valence-corrected chi connectivity index (χ1v) is 22.7. The molecule has 11 rings (SSSR count). The summed E-state index contributed by atoms with van der Waals surface area (Å²) in [6.07, 6.45) is 7.13. The lowest BCUT2D eigenvalue weighted by molar-refractivity contribution is -0.135. The van der Waals surface area contributed by atoms with Crippen molar-refractivity contribution < 1.29 is 27.9 Å². The Labute approximate surface area is 367 Å². The van der Waals surface area contributed by atoms with Gasteiger partial charge in [-0.1, -0.05) is 6.07 Å². The Kier molecular flexibility index (Phi) is 10.5. The van der Waals surface area contributed by atoms with Crippen molar-refractivity contribution in [3.05, 3.63) is 64.6 Å². The fourth-order valence-corrected chi connectivity index (χ4v) is 11.2. The predicted octanol–water partition coefficient (Wildman–Crippen LogP) is 3.21. The zero-order valence-corrected chi connectivity index (χ0v) is 35.8. The number of aromatic nitrogens is 7. The van der Waals surface area contributed by atoms with Gasteiger partial charge in [-0.3, -0.25) is 33.5 Å². The standard InChI is InChI=1S/C44H53F2N13O5/c1-52-39-33(3-2-4-34(39)59(44(52)63)35-9-10-37(60)50-43(35)62)55-21-27(22-55)20-54-15-13-53(14-16-54)19-26-5-7-28(8-6-26)58-24-32(38(51-58)40(45)46)48-42(61)31-18-47-57-12-11-36(49-41(31)57)56-23-30-17-29(56)25-64-30/h2-4,11-12,18,24,26-30,35,40H,5-10,13-17,19-23,25H2,1H3,(H,48,61)(H,50,60,62)/t26-,28-,29-,30-,35?/m1/s1. The number of rotatable bonds is 11. The van der Waals surface area contributed by atoms with E-state index in [4.69, 9.17) is 9.72 Å². The molecule has 6 fully saturated rings. The quantitative estimate of drug-likeness (QED) is 0.186. The van der Waals surface area contributed by atoms with E-state index < -0.39 is 30.0 Å². The van der Waals surface area contributed by atoms with Crippen molar-refractivity contribution in [3.63, 3.8) is 0 Å². The molecule has 3 amide bonds. The van der Waals surface area contributed by atoms with Crippen LogP contribution in [0.15, 0.2) is 47.7 Å². The number of benzene rings is 1. The van der Waals surface area contributed by atoms with Crippen molar-refractivity contribution in [2.45, 2.75) is 75.6 Å². The van der Waals surface area contributed by atoms with Crippen LogP contribution in [0.3, 0.4) is 0 Å². The molecule has 2 N–H and O–H groups in total. The van der Waals surface area contributed by atoms with Gasteiger partial charge in [0.05, 0.1) is 53.4 Å². The summed E-state index contributed by atoms with van der Waals surface area (Å²) in [5.74, 6) is 0.467. The topological polar surface area (TPSA) is 172 Å². The number of hydrogen-bond donors (Lipinski definition) is 2. The Morgan fingerprint density at radius 3 is 2.42 bits per heavy atom. The largest absolute Gasteiger partial charge is 0.374 e. The Hall–Kier alpha value is -5.73. The van der Waals surface area contributed by atoms with Crippen molar-refractivity contribution in [2.75, 3.05) is 80.6 Å². The number of carbonyl (C=O) groups excluding carboxylic acids is 3. The van der Waals surface area contributed by atoms with E-state index in [2.05, 4.69) is 40.4 Å². The van der Waals surface area contributed by atoms with Crippen LogP contribution in [0.1, 0.15) is 79.5 Å². The molecule has 20 heteroatoms. The summed E-state index contributed by atoms with van der Waals surface area (Å²) in [5, 5.41) is 13.7. The highest BCUT2D eigenvalue weighted by molar-refractivity contribution is 6.08. The molecule has 64 heavy (non-hydrogen) atoms. The number of nitrogens with one attached hydrogen (secondary N) is 2. The third kappa shape index (κ3) is 7.41. The molecule has 0 radical (unpaired) electrons. The Morgan fingerprint density at radius 2 is 1.72 bits per heavy atom. The molecule has 5 aromatic rings. The van der Waals surface area contributed by atoms with Crippen LogP contribution in [0.4, 0.5) is 26.0 Å². The normalized spacial score (nSPS) is 25.8.